The molecular weight excluding hydrogens is 392 g/mol. The quantitative estimate of drug-likeness (QED) is 0.695. The van der Waals surface area contributed by atoms with E-state index in [0.29, 0.717) is 23.5 Å². The number of nitrogens with one attached hydrogen (secondary N) is 2. The number of para-hydroxylation sites is 1. The summed E-state index contributed by atoms with van der Waals surface area (Å²) in [4.78, 5) is 25.3. The molecule has 166 valence electrons. The molecule has 2 amide bonds. The fourth-order valence-corrected chi connectivity index (χ4v) is 3.42. The fourth-order valence-electron chi connectivity index (χ4n) is 3.42. The van der Waals surface area contributed by atoms with Crippen LogP contribution in [0.4, 0.5) is 5.69 Å². The summed E-state index contributed by atoms with van der Waals surface area (Å²) in [5.74, 6) is 0.0651. The number of hydrogen-bond donors (Lipinski definition) is 2. The van der Waals surface area contributed by atoms with Crippen molar-refractivity contribution in [3.05, 3.63) is 59.7 Å². The Balaban J connectivity index is 1.59. The molecule has 1 aliphatic heterocycles. The molecule has 0 saturated carbocycles. The number of carbonyl (C=O) groups is 2. The Bertz CT molecular complexity index is 896. The van der Waals surface area contributed by atoms with E-state index < -0.39 is 6.10 Å². The maximum absolute atomic E-state index is 12.7. The van der Waals surface area contributed by atoms with Crippen molar-refractivity contribution in [2.24, 2.45) is 0 Å². The predicted molar refractivity (Wildman–Crippen MR) is 122 cm³/mol. The monoisotopic (exact) mass is 424 g/mol. The summed E-state index contributed by atoms with van der Waals surface area (Å²) < 4.78 is 11.3. The van der Waals surface area contributed by atoms with Crippen LogP contribution >= 0.6 is 0 Å². The molecule has 3 rings (SSSR count). The third-order valence-corrected chi connectivity index (χ3v) is 5.35. The fraction of sp³-hybridized carbons (Fsp3) is 0.440. The highest BCUT2D eigenvalue weighted by molar-refractivity contribution is 6.04. The average molecular weight is 425 g/mol. The zero-order chi connectivity index (χ0) is 22.4. The van der Waals surface area contributed by atoms with Crippen LogP contribution in [0.2, 0.25) is 0 Å². The standard InChI is InChI=1S/C25H32N2O4/c1-17(31-19-13-11-18(12-14-19)25(2,3)4)23(28)27-22-10-6-5-9-21(22)24(29)26-16-20-8-7-15-30-20/h5-6,9-14,17,20H,7-8,15-16H2,1-4H3,(H,26,29)(H,27,28)/t17-,20+/m1/s1. The lowest BCUT2D eigenvalue weighted by Gasteiger charge is -2.20. The zero-order valence-corrected chi connectivity index (χ0v) is 18.7. The van der Waals surface area contributed by atoms with E-state index >= 15 is 0 Å². The molecule has 0 radical (unpaired) electrons. The van der Waals surface area contributed by atoms with Crippen molar-refractivity contribution in [2.75, 3.05) is 18.5 Å². The molecule has 1 heterocycles. The first kappa shape index (κ1) is 22.8. The van der Waals surface area contributed by atoms with E-state index in [2.05, 4.69) is 31.4 Å². The summed E-state index contributed by atoms with van der Waals surface area (Å²) in [5.41, 5.74) is 2.11. The van der Waals surface area contributed by atoms with Crippen LogP contribution in [0.25, 0.3) is 0 Å². The van der Waals surface area contributed by atoms with Crippen LogP contribution in [0.5, 0.6) is 5.75 Å². The maximum atomic E-state index is 12.7. The van der Waals surface area contributed by atoms with Gasteiger partial charge in [0, 0.05) is 13.2 Å². The van der Waals surface area contributed by atoms with Gasteiger partial charge in [-0.2, -0.15) is 0 Å². The molecule has 0 unspecified atom stereocenters. The molecule has 2 aromatic rings. The Morgan fingerprint density at radius 3 is 2.48 bits per heavy atom. The molecule has 0 bridgehead atoms. The van der Waals surface area contributed by atoms with E-state index in [4.69, 9.17) is 9.47 Å². The molecule has 0 aliphatic carbocycles. The summed E-state index contributed by atoms with van der Waals surface area (Å²) in [5, 5.41) is 5.71. The lowest BCUT2D eigenvalue weighted by molar-refractivity contribution is -0.122. The van der Waals surface area contributed by atoms with Crippen LogP contribution in [-0.2, 0) is 14.9 Å². The normalized spacial score (nSPS) is 17.1. The number of amides is 2. The van der Waals surface area contributed by atoms with Crippen molar-refractivity contribution >= 4 is 17.5 Å². The van der Waals surface area contributed by atoms with Crippen LogP contribution in [0.3, 0.4) is 0 Å². The molecule has 1 aliphatic rings. The summed E-state index contributed by atoms with van der Waals surface area (Å²) in [6.45, 7) is 9.33. The summed E-state index contributed by atoms with van der Waals surface area (Å²) in [6.07, 6.45) is 1.31. The summed E-state index contributed by atoms with van der Waals surface area (Å²) in [6, 6.07) is 14.7. The van der Waals surface area contributed by atoms with E-state index in [-0.39, 0.29) is 23.3 Å². The van der Waals surface area contributed by atoms with Crippen molar-refractivity contribution in [2.45, 2.75) is 58.2 Å². The lowest BCUT2D eigenvalue weighted by atomic mass is 9.87. The third kappa shape index (κ3) is 6.31. The lowest BCUT2D eigenvalue weighted by Crippen LogP contribution is -2.34. The molecule has 2 atom stereocenters. The Morgan fingerprint density at radius 2 is 1.84 bits per heavy atom. The van der Waals surface area contributed by atoms with Crippen molar-refractivity contribution in [1.29, 1.82) is 0 Å². The Kier molecular flexibility index (Phi) is 7.33. The highest BCUT2D eigenvalue weighted by Crippen LogP contribution is 2.25. The minimum Gasteiger partial charge on any atom is -0.481 e. The Morgan fingerprint density at radius 1 is 1.13 bits per heavy atom. The highest BCUT2D eigenvalue weighted by atomic mass is 16.5. The second-order valence-corrected chi connectivity index (χ2v) is 8.91. The predicted octanol–water partition coefficient (Wildman–Crippen LogP) is 4.30. The van der Waals surface area contributed by atoms with Gasteiger partial charge in [0.1, 0.15) is 5.75 Å². The van der Waals surface area contributed by atoms with Crippen LogP contribution in [0, 0.1) is 0 Å². The van der Waals surface area contributed by atoms with E-state index in [1.807, 2.05) is 24.3 Å². The zero-order valence-electron chi connectivity index (χ0n) is 18.7. The first-order valence-electron chi connectivity index (χ1n) is 10.8. The van der Waals surface area contributed by atoms with Gasteiger partial charge in [0.05, 0.1) is 17.4 Å². The van der Waals surface area contributed by atoms with E-state index in [9.17, 15) is 9.59 Å². The molecule has 0 aromatic heterocycles. The van der Waals surface area contributed by atoms with E-state index in [1.165, 1.54) is 5.56 Å². The van der Waals surface area contributed by atoms with Crippen molar-refractivity contribution in [3.63, 3.8) is 0 Å². The number of carbonyl (C=O) groups excluding carboxylic acids is 2. The van der Waals surface area contributed by atoms with Crippen LogP contribution in [0.15, 0.2) is 48.5 Å². The van der Waals surface area contributed by atoms with Crippen molar-refractivity contribution in [3.8, 4) is 5.75 Å². The Hall–Kier alpha value is -2.86. The molecule has 1 saturated heterocycles. The van der Waals surface area contributed by atoms with Crippen molar-refractivity contribution < 1.29 is 19.1 Å². The SMILES string of the molecule is C[C@@H](Oc1ccc(C(C)(C)C)cc1)C(=O)Nc1ccccc1C(=O)NC[C@@H]1CCCO1. The first-order chi connectivity index (χ1) is 14.7. The molecule has 1 fully saturated rings. The number of anilines is 1. The third-order valence-electron chi connectivity index (χ3n) is 5.35. The van der Waals surface area contributed by atoms with Crippen LogP contribution in [-0.4, -0.2) is 37.2 Å². The number of rotatable bonds is 7. The van der Waals surface area contributed by atoms with Gasteiger partial charge in [-0.3, -0.25) is 9.59 Å². The van der Waals surface area contributed by atoms with Gasteiger partial charge in [-0.25, -0.2) is 0 Å². The molecule has 6 heteroatoms. The second kappa shape index (κ2) is 9.96. The van der Waals surface area contributed by atoms with Gasteiger partial charge < -0.3 is 20.1 Å². The molecule has 6 nitrogen and oxygen atoms in total. The molecule has 31 heavy (non-hydrogen) atoms. The van der Waals surface area contributed by atoms with Crippen LogP contribution < -0.4 is 15.4 Å². The van der Waals surface area contributed by atoms with Crippen molar-refractivity contribution in [1.82, 2.24) is 5.32 Å². The van der Waals surface area contributed by atoms with Gasteiger partial charge >= 0.3 is 0 Å². The summed E-state index contributed by atoms with van der Waals surface area (Å²) in [7, 11) is 0. The number of hydrogen-bond acceptors (Lipinski definition) is 4. The maximum Gasteiger partial charge on any atom is 0.265 e. The topological polar surface area (TPSA) is 76.7 Å². The van der Waals surface area contributed by atoms with Gasteiger partial charge in [0.25, 0.3) is 11.8 Å². The highest BCUT2D eigenvalue weighted by Gasteiger charge is 2.21. The van der Waals surface area contributed by atoms with Gasteiger partial charge in [0.15, 0.2) is 6.10 Å². The van der Waals surface area contributed by atoms with Gasteiger partial charge in [-0.05, 0) is 55.0 Å². The molecule has 2 N–H and O–H groups in total. The second-order valence-electron chi connectivity index (χ2n) is 8.91. The molecule has 2 aromatic carbocycles. The van der Waals surface area contributed by atoms with Crippen LogP contribution in [0.1, 0.15) is 56.5 Å². The average Bonchev–Trinajstić information content (AvgIpc) is 3.26. The van der Waals surface area contributed by atoms with Gasteiger partial charge in [-0.1, -0.05) is 45.0 Å². The first-order valence-corrected chi connectivity index (χ1v) is 10.8. The minimum absolute atomic E-state index is 0.0513. The Labute approximate surface area is 184 Å². The van der Waals surface area contributed by atoms with E-state index in [0.717, 1.165) is 19.4 Å². The van der Waals surface area contributed by atoms with Gasteiger partial charge in [0.2, 0.25) is 0 Å². The molecule has 0 spiro atoms. The number of ether oxygens (including phenoxy) is 2. The minimum atomic E-state index is -0.719. The smallest absolute Gasteiger partial charge is 0.265 e. The van der Waals surface area contributed by atoms with E-state index in [1.54, 1.807) is 31.2 Å². The molecular formula is C25H32N2O4. The number of benzene rings is 2. The van der Waals surface area contributed by atoms with Gasteiger partial charge in [-0.15, -0.1) is 0 Å². The largest absolute Gasteiger partial charge is 0.481 e. The summed E-state index contributed by atoms with van der Waals surface area (Å²) >= 11 is 0.